The molecule has 16 heavy (non-hydrogen) atoms. The molecule has 1 rings (SSSR count). The van der Waals surface area contributed by atoms with Gasteiger partial charge < -0.3 is 10.8 Å². The Kier molecular flexibility index (Phi) is 4.25. The third-order valence-electron chi connectivity index (χ3n) is 2.00. The number of anilines is 1. The fourth-order valence-electron chi connectivity index (χ4n) is 1.18. The number of hydrogen-bond donors (Lipinski definition) is 3. The molecule has 0 amide bonds. The summed E-state index contributed by atoms with van der Waals surface area (Å²) in [6, 6.07) is 6.43. The Hall–Kier alpha value is -1.15. The molecule has 0 aromatic heterocycles. The Morgan fingerprint density at radius 3 is 2.69 bits per heavy atom. The molecular formula is C9H14N2O4S. The number of benzene rings is 1. The summed E-state index contributed by atoms with van der Waals surface area (Å²) in [5, 5.41) is 9.58. The van der Waals surface area contributed by atoms with Crippen molar-refractivity contribution in [3.05, 3.63) is 29.8 Å². The summed E-state index contributed by atoms with van der Waals surface area (Å²) in [5.41, 5.74) is 5.97. The molecule has 90 valence electrons. The van der Waals surface area contributed by atoms with Gasteiger partial charge in [-0.1, -0.05) is 18.2 Å². The van der Waals surface area contributed by atoms with Gasteiger partial charge in [0.15, 0.2) is 0 Å². The van der Waals surface area contributed by atoms with Crippen molar-refractivity contribution >= 4 is 16.0 Å². The van der Waals surface area contributed by atoms with Gasteiger partial charge in [-0.25, -0.2) is 0 Å². The molecule has 1 aromatic rings. The maximum atomic E-state index is 11.2. The molecule has 7 heteroatoms. The summed E-state index contributed by atoms with van der Waals surface area (Å²) in [5.74, 6) is 0. The lowest BCUT2D eigenvalue weighted by atomic mass is 10.1. The molecule has 1 unspecified atom stereocenters. The van der Waals surface area contributed by atoms with E-state index in [-0.39, 0.29) is 12.2 Å². The van der Waals surface area contributed by atoms with Crippen molar-refractivity contribution in [3.8, 4) is 0 Å². The standard InChI is InChI=1S/C9H14N2O4S/c1-15-16(13,14)11-8-5-3-2-4-7(8)9(12)6-10/h2-5,9,11-12H,6,10H2,1H3. The number of para-hydroxylation sites is 1. The fraction of sp³-hybridized carbons (Fsp3) is 0.333. The van der Waals surface area contributed by atoms with Crippen molar-refractivity contribution in [1.29, 1.82) is 0 Å². The minimum atomic E-state index is -3.84. The molecule has 0 saturated carbocycles. The molecule has 0 heterocycles. The summed E-state index contributed by atoms with van der Waals surface area (Å²) in [4.78, 5) is 0. The molecule has 0 saturated heterocycles. The third kappa shape index (κ3) is 3.17. The maximum Gasteiger partial charge on any atom is 0.359 e. The number of hydrogen-bond acceptors (Lipinski definition) is 5. The van der Waals surface area contributed by atoms with Gasteiger partial charge in [0.1, 0.15) is 0 Å². The van der Waals surface area contributed by atoms with Crippen LogP contribution in [0, 0.1) is 0 Å². The highest BCUT2D eigenvalue weighted by atomic mass is 32.2. The molecule has 1 aromatic carbocycles. The van der Waals surface area contributed by atoms with Gasteiger partial charge in [0.05, 0.1) is 18.9 Å². The summed E-state index contributed by atoms with van der Waals surface area (Å²) < 4.78 is 28.8. The van der Waals surface area contributed by atoms with Crippen LogP contribution in [0.5, 0.6) is 0 Å². The van der Waals surface area contributed by atoms with Crippen LogP contribution in [0.1, 0.15) is 11.7 Å². The smallest absolute Gasteiger partial charge is 0.359 e. The average molecular weight is 246 g/mol. The van der Waals surface area contributed by atoms with Crippen LogP contribution in [0.3, 0.4) is 0 Å². The van der Waals surface area contributed by atoms with Crippen LogP contribution in [-0.4, -0.2) is 27.2 Å². The quantitative estimate of drug-likeness (QED) is 0.677. The van der Waals surface area contributed by atoms with Crippen LogP contribution in [-0.2, 0) is 14.5 Å². The van der Waals surface area contributed by atoms with E-state index in [1.807, 2.05) is 0 Å². The van der Waals surface area contributed by atoms with Gasteiger partial charge in [-0.2, -0.15) is 8.42 Å². The van der Waals surface area contributed by atoms with Crippen LogP contribution in [0.25, 0.3) is 0 Å². The van der Waals surface area contributed by atoms with E-state index in [0.29, 0.717) is 5.56 Å². The van der Waals surface area contributed by atoms with E-state index in [1.54, 1.807) is 18.2 Å². The molecule has 0 fully saturated rings. The zero-order valence-corrected chi connectivity index (χ0v) is 9.57. The highest BCUT2D eigenvalue weighted by Crippen LogP contribution is 2.22. The van der Waals surface area contributed by atoms with Crippen molar-refractivity contribution in [3.63, 3.8) is 0 Å². The third-order valence-corrected chi connectivity index (χ3v) is 2.91. The fourth-order valence-corrected chi connectivity index (χ4v) is 1.72. The van der Waals surface area contributed by atoms with E-state index in [4.69, 9.17) is 5.73 Å². The molecular weight excluding hydrogens is 232 g/mol. The van der Waals surface area contributed by atoms with Gasteiger partial charge in [0, 0.05) is 12.1 Å². The molecule has 0 aliphatic carbocycles. The lowest BCUT2D eigenvalue weighted by molar-refractivity contribution is 0.187. The van der Waals surface area contributed by atoms with Crippen molar-refractivity contribution < 1.29 is 17.7 Å². The first-order valence-corrected chi connectivity index (χ1v) is 5.96. The average Bonchev–Trinajstić information content (AvgIpc) is 2.28. The minimum Gasteiger partial charge on any atom is -0.387 e. The van der Waals surface area contributed by atoms with Gasteiger partial charge in [-0.3, -0.25) is 8.91 Å². The van der Waals surface area contributed by atoms with Gasteiger partial charge in [-0.15, -0.1) is 0 Å². The topological polar surface area (TPSA) is 102 Å². The Morgan fingerprint density at radius 1 is 1.50 bits per heavy atom. The molecule has 4 N–H and O–H groups in total. The zero-order chi connectivity index (χ0) is 12.2. The van der Waals surface area contributed by atoms with Gasteiger partial charge in [-0.05, 0) is 6.07 Å². The van der Waals surface area contributed by atoms with Crippen LogP contribution in [0.15, 0.2) is 24.3 Å². The Bertz CT molecular complexity index is 447. The van der Waals surface area contributed by atoms with Crippen LogP contribution >= 0.6 is 0 Å². The van der Waals surface area contributed by atoms with Gasteiger partial charge in [0.2, 0.25) is 0 Å². The number of aliphatic hydroxyl groups is 1. The van der Waals surface area contributed by atoms with Crippen molar-refractivity contribution in [2.45, 2.75) is 6.10 Å². The summed E-state index contributed by atoms with van der Waals surface area (Å²) in [6.07, 6.45) is -0.921. The van der Waals surface area contributed by atoms with Crippen LogP contribution in [0.4, 0.5) is 5.69 Å². The first-order valence-electron chi connectivity index (χ1n) is 4.55. The largest absolute Gasteiger partial charge is 0.387 e. The first-order chi connectivity index (χ1) is 7.50. The second kappa shape index (κ2) is 5.26. The molecule has 6 nitrogen and oxygen atoms in total. The summed E-state index contributed by atoms with van der Waals surface area (Å²) >= 11 is 0. The van der Waals surface area contributed by atoms with Gasteiger partial charge >= 0.3 is 10.3 Å². The SMILES string of the molecule is COS(=O)(=O)Nc1ccccc1C(O)CN. The number of rotatable bonds is 5. The lowest BCUT2D eigenvalue weighted by Gasteiger charge is -2.14. The molecule has 0 bridgehead atoms. The van der Waals surface area contributed by atoms with Crippen LogP contribution < -0.4 is 10.5 Å². The monoisotopic (exact) mass is 246 g/mol. The molecule has 0 radical (unpaired) electrons. The maximum absolute atomic E-state index is 11.2. The molecule has 0 aliphatic rings. The van der Waals surface area contributed by atoms with Crippen molar-refractivity contribution in [2.75, 3.05) is 18.4 Å². The normalized spacial score (nSPS) is 13.4. The highest BCUT2D eigenvalue weighted by Gasteiger charge is 2.15. The van der Waals surface area contributed by atoms with E-state index in [2.05, 4.69) is 8.91 Å². The Balaban J connectivity index is 3.05. The van der Waals surface area contributed by atoms with Crippen molar-refractivity contribution in [1.82, 2.24) is 0 Å². The molecule has 0 aliphatic heterocycles. The Morgan fingerprint density at radius 2 is 2.12 bits per heavy atom. The number of aliphatic hydroxyl groups excluding tert-OH is 1. The predicted molar refractivity (Wildman–Crippen MR) is 60.0 cm³/mol. The van der Waals surface area contributed by atoms with E-state index >= 15 is 0 Å². The highest BCUT2D eigenvalue weighted by molar-refractivity contribution is 7.88. The number of nitrogens with two attached hydrogens (primary N) is 1. The van der Waals surface area contributed by atoms with E-state index in [9.17, 15) is 13.5 Å². The second-order valence-corrected chi connectivity index (χ2v) is 4.51. The number of nitrogens with one attached hydrogen (secondary N) is 1. The van der Waals surface area contributed by atoms with Crippen molar-refractivity contribution in [2.24, 2.45) is 5.73 Å². The van der Waals surface area contributed by atoms with E-state index in [0.717, 1.165) is 7.11 Å². The summed E-state index contributed by atoms with van der Waals surface area (Å²) in [7, 11) is -2.79. The Labute approximate surface area is 94.3 Å². The molecule has 0 spiro atoms. The van der Waals surface area contributed by atoms with Gasteiger partial charge in [0.25, 0.3) is 0 Å². The van der Waals surface area contributed by atoms with Crippen LogP contribution in [0.2, 0.25) is 0 Å². The zero-order valence-electron chi connectivity index (χ0n) is 8.75. The van der Waals surface area contributed by atoms with E-state index in [1.165, 1.54) is 6.07 Å². The second-order valence-electron chi connectivity index (χ2n) is 3.06. The predicted octanol–water partition coefficient (Wildman–Crippen LogP) is -0.0182. The first kappa shape index (κ1) is 12.9. The lowest BCUT2D eigenvalue weighted by Crippen LogP contribution is -2.18. The summed E-state index contributed by atoms with van der Waals surface area (Å²) in [6.45, 7) is 0.00568. The van der Waals surface area contributed by atoms with E-state index < -0.39 is 16.4 Å². The minimum absolute atomic E-state index is 0.00568. The molecule has 1 atom stereocenters.